The van der Waals surface area contributed by atoms with Crippen molar-refractivity contribution in [1.29, 1.82) is 0 Å². The molecule has 0 aromatic carbocycles. The van der Waals surface area contributed by atoms with E-state index in [-0.39, 0.29) is 23.3 Å². The van der Waals surface area contributed by atoms with Crippen LogP contribution in [0.2, 0.25) is 0 Å². The summed E-state index contributed by atoms with van der Waals surface area (Å²) in [6.45, 7) is 9.98. The lowest BCUT2D eigenvalue weighted by Crippen LogP contribution is -2.52. The number of rotatable bonds is 1. The molecule has 2 fully saturated rings. The molecule has 5 heteroatoms. The third-order valence-corrected chi connectivity index (χ3v) is 4.61. The summed E-state index contributed by atoms with van der Waals surface area (Å²) >= 11 is 1.91. The minimum absolute atomic E-state index is 0.0645. The maximum Gasteiger partial charge on any atom is 0.317 e. The van der Waals surface area contributed by atoms with Crippen molar-refractivity contribution < 1.29 is 9.53 Å². The van der Waals surface area contributed by atoms with Crippen molar-refractivity contribution in [3.05, 3.63) is 0 Å². The van der Waals surface area contributed by atoms with E-state index in [2.05, 4.69) is 33.0 Å². The molecule has 0 aromatic rings. The van der Waals surface area contributed by atoms with Crippen LogP contribution in [0.3, 0.4) is 0 Å². The minimum Gasteiger partial charge on any atom is -0.367 e. The van der Waals surface area contributed by atoms with Gasteiger partial charge in [-0.2, -0.15) is 11.8 Å². The Kier molecular flexibility index (Phi) is 3.83. The van der Waals surface area contributed by atoms with E-state index < -0.39 is 0 Å². The van der Waals surface area contributed by atoms with Crippen LogP contribution in [0.4, 0.5) is 4.79 Å². The van der Waals surface area contributed by atoms with Crippen LogP contribution in [-0.2, 0) is 4.74 Å². The van der Waals surface area contributed by atoms with E-state index in [9.17, 15) is 4.79 Å². The molecule has 2 rings (SSSR count). The second-order valence-corrected chi connectivity index (χ2v) is 7.50. The quantitative estimate of drug-likeness (QED) is 0.795. The third kappa shape index (κ3) is 3.12. The van der Waals surface area contributed by atoms with Crippen LogP contribution < -0.4 is 5.32 Å². The van der Waals surface area contributed by atoms with E-state index in [0.717, 1.165) is 31.0 Å². The van der Waals surface area contributed by atoms with Gasteiger partial charge in [-0.05, 0) is 34.1 Å². The molecule has 1 N–H and O–H groups in total. The minimum atomic E-state index is -0.288. The summed E-state index contributed by atoms with van der Waals surface area (Å²) < 4.78 is 6.00. The number of thioether (sulfide) groups is 1. The Hall–Kier alpha value is -0.420. The van der Waals surface area contributed by atoms with E-state index in [1.54, 1.807) is 0 Å². The van der Waals surface area contributed by atoms with Crippen molar-refractivity contribution in [2.24, 2.45) is 0 Å². The first-order valence-electron chi connectivity index (χ1n) is 6.63. The molecule has 2 amide bonds. The molecule has 0 spiro atoms. The van der Waals surface area contributed by atoms with Crippen molar-refractivity contribution in [2.45, 2.75) is 51.4 Å². The van der Waals surface area contributed by atoms with E-state index in [1.807, 2.05) is 16.7 Å². The molecule has 2 saturated heterocycles. The average molecular weight is 272 g/mol. The zero-order valence-electron chi connectivity index (χ0n) is 11.8. The lowest BCUT2D eigenvalue weighted by Gasteiger charge is -2.31. The van der Waals surface area contributed by atoms with E-state index in [0.29, 0.717) is 0 Å². The molecular formula is C13H24N2O2S. The fourth-order valence-corrected chi connectivity index (χ4v) is 3.70. The zero-order chi connectivity index (χ0) is 13.4. The fourth-order valence-electron chi connectivity index (χ4n) is 2.79. The first-order valence-corrected chi connectivity index (χ1v) is 7.79. The van der Waals surface area contributed by atoms with Gasteiger partial charge in [-0.3, -0.25) is 0 Å². The lowest BCUT2D eigenvalue weighted by molar-refractivity contribution is -0.0692. The van der Waals surface area contributed by atoms with Crippen LogP contribution in [0.25, 0.3) is 0 Å². The fraction of sp³-hybridized carbons (Fsp3) is 0.923. The van der Waals surface area contributed by atoms with Gasteiger partial charge >= 0.3 is 6.03 Å². The normalized spacial score (nSPS) is 30.2. The van der Waals surface area contributed by atoms with Gasteiger partial charge in [0.1, 0.15) is 0 Å². The maximum absolute atomic E-state index is 12.2. The molecule has 4 nitrogen and oxygen atoms in total. The van der Waals surface area contributed by atoms with Crippen LogP contribution in [0.15, 0.2) is 0 Å². The highest BCUT2D eigenvalue weighted by atomic mass is 32.2. The number of carbonyl (C=O) groups excluding carboxylic acids is 1. The topological polar surface area (TPSA) is 41.6 Å². The summed E-state index contributed by atoms with van der Waals surface area (Å²) in [4.78, 5) is 14.1. The summed E-state index contributed by atoms with van der Waals surface area (Å²) in [7, 11) is 0. The van der Waals surface area contributed by atoms with Gasteiger partial charge in [-0.15, -0.1) is 0 Å². The Labute approximate surface area is 114 Å². The maximum atomic E-state index is 12.2. The zero-order valence-corrected chi connectivity index (χ0v) is 12.6. The Morgan fingerprint density at radius 1 is 1.28 bits per heavy atom. The second kappa shape index (κ2) is 4.93. The monoisotopic (exact) mass is 272 g/mol. The van der Waals surface area contributed by atoms with E-state index in [4.69, 9.17) is 4.74 Å². The van der Waals surface area contributed by atoms with Gasteiger partial charge in [0.15, 0.2) is 0 Å². The predicted octanol–water partition coefficient (Wildman–Crippen LogP) is 2.09. The number of carbonyl (C=O) groups is 1. The van der Waals surface area contributed by atoms with Crippen molar-refractivity contribution in [3.8, 4) is 0 Å². The molecule has 0 saturated carbocycles. The Balaban J connectivity index is 1.94. The van der Waals surface area contributed by atoms with Crippen molar-refractivity contribution in [3.63, 3.8) is 0 Å². The summed E-state index contributed by atoms with van der Waals surface area (Å²) in [6, 6.07) is 0.157. The number of amides is 2. The number of ether oxygens (including phenoxy) is 1. The molecule has 18 heavy (non-hydrogen) atoms. The predicted molar refractivity (Wildman–Crippen MR) is 75.1 cm³/mol. The average Bonchev–Trinajstić information content (AvgIpc) is 2.48. The summed E-state index contributed by atoms with van der Waals surface area (Å²) in [5, 5.41) is 3.15. The lowest BCUT2D eigenvalue weighted by atomic mass is 9.94. The van der Waals surface area contributed by atoms with Gasteiger partial charge in [0, 0.05) is 24.6 Å². The van der Waals surface area contributed by atoms with Gasteiger partial charge in [0.25, 0.3) is 0 Å². The van der Waals surface area contributed by atoms with Gasteiger partial charge < -0.3 is 15.0 Å². The molecule has 2 aliphatic rings. The van der Waals surface area contributed by atoms with Gasteiger partial charge in [0.2, 0.25) is 0 Å². The number of hydrogen-bond donors (Lipinski definition) is 1. The highest BCUT2D eigenvalue weighted by Gasteiger charge is 2.46. The summed E-state index contributed by atoms with van der Waals surface area (Å²) in [5.41, 5.74) is -0.442. The summed E-state index contributed by atoms with van der Waals surface area (Å²) in [6.07, 6.45) is 0.869. The largest absolute Gasteiger partial charge is 0.367 e. The molecule has 0 aliphatic carbocycles. The highest BCUT2D eigenvalue weighted by Crippen LogP contribution is 2.37. The van der Waals surface area contributed by atoms with Crippen molar-refractivity contribution in [1.82, 2.24) is 10.2 Å². The van der Waals surface area contributed by atoms with Gasteiger partial charge in [0.05, 0.1) is 17.2 Å². The summed E-state index contributed by atoms with van der Waals surface area (Å²) in [5.74, 6) is 2.09. The number of urea groups is 1. The second-order valence-electron chi connectivity index (χ2n) is 6.27. The smallest absolute Gasteiger partial charge is 0.317 e. The van der Waals surface area contributed by atoms with Crippen LogP contribution in [0, 0.1) is 0 Å². The molecule has 0 radical (unpaired) electrons. The molecule has 0 unspecified atom stereocenters. The van der Waals surface area contributed by atoms with Crippen LogP contribution in [0.5, 0.6) is 0 Å². The highest BCUT2D eigenvalue weighted by molar-refractivity contribution is 7.99. The molecule has 2 heterocycles. The van der Waals surface area contributed by atoms with Crippen LogP contribution in [0.1, 0.15) is 34.1 Å². The molecule has 1 atom stereocenters. The molecule has 0 bridgehead atoms. The van der Waals surface area contributed by atoms with Crippen molar-refractivity contribution >= 4 is 17.8 Å². The number of nitrogens with zero attached hydrogens (tertiary/aromatic N) is 1. The molecule has 2 aliphatic heterocycles. The standard InChI is InChI=1S/C13H24N2O2S/c1-12(2)9-10(13(3,4)17-12)14-11(16)15-5-7-18-8-6-15/h10H,5-9H2,1-4H3,(H,14,16)/t10-/m1/s1. The van der Waals surface area contributed by atoms with Gasteiger partial charge in [-0.1, -0.05) is 0 Å². The Morgan fingerprint density at radius 3 is 2.39 bits per heavy atom. The van der Waals surface area contributed by atoms with Crippen LogP contribution in [-0.4, -0.2) is 52.8 Å². The Morgan fingerprint density at radius 2 is 1.89 bits per heavy atom. The molecule has 104 valence electrons. The number of nitrogens with one attached hydrogen (secondary N) is 1. The van der Waals surface area contributed by atoms with Gasteiger partial charge in [-0.25, -0.2) is 4.79 Å². The number of hydrogen-bond acceptors (Lipinski definition) is 3. The SMILES string of the molecule is CC1(C)C[C@@H](NC(=O)N2CCSCC2)C(C)(C)O1. The van der Waals surface area contributed by atoms with E-state index >= 15 is 0 Å². The van der Waals surface area contributed by atoms with Crippen molar-refractivity contribution in [2.75, 3.05) is 24.6 Å². The molecular weight excluding hydrogens is 248 g/mol. The Bertz CT molecular complexity index is 325. The van der Waals surface area contributed by atoms with E-state index in [1.165, 1.54) is 0 Å². The van der Waals surface area contributed by atoms with Crippen LogP contribution >= 0.6 is 11.8 Å². The third-order valence-electron chi connectivity index (χ3n) is 3.67. The molecule has 0 aromatic heterocycles. The first kappa shape index (κ1) is 14.0. The first-order chi connectivity index (χ1) is 8.30.